The van der Waals surface area contributed by atoms with Gasteiger partial charge in [-0.3, -0.25) is 9.78 Å². The van der Waals surface area contributed by atoms with E-state index in [9.17, 15) is 4.79 Å². The van der Waals surface area contributed by atoms with Gasteiger partial charge in [0, 0.05) is 19.3 Å². The molecule has 1 aromatic heterocycles. The fourth-order valence-corrected chi connectivity index (χ4v) is 0.985. The lowest BCUT2D eigenvalue weighted by Gasteiger charge is -2.01. The minimum absolute atomic E-state index is 0.0276. The van der Waals surface area contributed by atoms with Crippen molar-refractivity contribution in [1.29, 1.82) is 0 Å². The summed E-state index contributed by atoms with van der Waals surface area (Å²) in [6, 6.07) is 1.36. The lowest BCUT2D eigenvalue weighted by atomic mass is 10.2. The topological polar surface area (TPSA) is 88.2 Å². The molecule has 0 aromatic carbocycles. The van der Waals surface area contributed by atoms with Crippen LogP contribution in [0.15, 0.2) is 30.6 Å². The van der Waals surface area contributed by atoms with E-state index >= 15 is 0 Å². The van der Waals surface area contributed by atoms with Crippen LogP contribution in [0, 0.1) is 0 Å². The largest absolute Gasteiger partial charge is 0.506 e. The zero-order chi connectivity index (χ0) is 11.1. The minimum atomic E-state index is -0.278. The van der Waals surface area contributed by atoms with E-state index in [0.29, 0.717) is 18.7 Å². The lowest BCUT2D eigenvalue weighted by molar-refractivity contribution is 0.0957. The Labute approximate surface area is 87.6 Å². The highest BCUT2D eigenvalue weighted by Crippen LogP contribution is 2.07. The maximum Gasteiger partial charge on any atom is 0.253 e. The number of carbonyl (C=O) groups is 1. The third kappa shape index (κ3) is 3.78. The SMILES string of the molecule is NC/C=C/CNC(=O)c1cncc(O)c1. The maximum atomic E-state index is 11.4. The number of hydrogen-bond donors (Lipinski definition) is 3. The van der Waals surface area contributed by atoms with Crippen LogP contribution in [0.4, 0.5) is 0 Å². The van der Waals surface area contributed by atoms with Gasteiger partial charge in [0.2, 0.25) is 0 Å². The van der Waals surface area contributed by atoms with Crippen LogP contribution in [0.2, 0.25) is 0 Å². The van der Waals surface area contributed by atoms with E-state index in [-0.39, 0.29) is 11.7 Å². The number of amides is 1. The molecule has 0 radical (unpaired) electrons. The molecule has 1 amide bonds. The number of aromatic hydroxyl groups is 1. The summed E-state index contributed by atoms with van der Waals surface area (Å²) in [5.74, 6) is -0.305. The van der Waals surface area contributed by atoms with E-state index < -0.39 is 0 Å². The molecule has 0 saturated carbocycles. The molecule has 5 heteroatoms. The average Bonchev–Trinajstić information content (AvgIpc) is 2.24. The molecule has 15 heavy (non-hydrogen) atoms. The minimum Gasteiger partial charge on any atom is -0.506 e. The van der Waals surface area contributed by atoms with Crippen LogP contribution in [0.25, 0.3) is 0 Å². The van der Waals surface area contributed by atoms with Crippen LogP contribution in [0.3, 0.4) is 0 Å². The quantitative estimate of drug-likeness (QED) is 0.608. The van der Waals surface area contributed by atoms with Gasteiger partial charge in [0.1, 0.15) is 5.75 Å². The van der Waals surface area contributed by atoms with Crippen molar-refractivity contribution >= 4 is 5.91 Å². The van der Waals surface area contributed by atoms with Crippen molar-refractivity contribution in [2.45, 2.75) is 0 Å². The zero-order valence-corrected chi connectivity index (χ0v) is 8.18. The van der Waals surface area contributed by atoms with Crippen LogP contribution in [-0.4, -0.2) is 29.1 Å². The average molecular weight is 207 g/mol. The Balaban J connectivity index is 2.50. The summed E-state index contributed by atoms with van der Waals surface area (Å²) in [6.07, 6.45) is 6.17. The molecular weight excluding hydrogens is 194 g/mol. The molecule has 1 heterocycles. The summed E-state index contributed by atoms with van der Waals surface area (Å²) in [5, 5.41) is 11.7. The number of rotatable bonds is 4. The van der Waals surface area contributed by atoms with Gasteiger partial charge in [-0.25, -0.2) is 0 Å². The van der Waals surface area contributed by atoms with Gasteiger partial charge in [-0.05, 0) is 6.07 Å². The third-order valence-corrected chi connectivity index (χ3v) is 1.67. The van der Waals surface area contributed by atoms with Gasteiger partial charge in [-0.2, -0.15) is 0 Å². The second-order valence-corrected chi connectivity index (χ2v) is 2.85. The number of aromatic nitrogens is 1. The number of pyridine rings is 1. The molecule has 5 nitrogen and oxygen atoms in total. The molecule has 0 aliphatic rings. The first-order chi connectivity index (χ1) is 7.24. The standard InChI is InChI=1S/C10H13N3O2/c11-3-1-2-4-13-10(15)8-5-9(14)7-12-6-8/h1-2,5-7,14H,3-4,11H2,(H,13,15)/b2-1+. The smallest absolute Gasteiger partial charge is 0.253 e. The van der Waals surface area contributed by atoms with E-state index in [1.807, 2.05) is 0 Å². The molecule has 0 aliphatic carbocycles. The van der Waals surface area contributed by atoms with Crippen LogP contribution >= 0.6 is 0 Å². The Morgan fingerprint density at radius 1 is 1.53 bits per heavy atom. The predicted molar refractivity (Wildman–Crippen MR) is 56.4 cm³/mol. The molecular formula is C10H13N3O2. The van der Waals surface area contributed by atoms with Crippen LogP contribution in [0.5, 0.6) is 5.75 Å². The summed E-state index contributed by atoms with van der Waals surface area (Å²) >= 11 is 0. The molecule has 4 N–H and O–H groups in total. The van der Waals surface area contributed by atoms with Crippen molar-refractivity contribution in [1.82, 2.24) is 10.3 Å². The lowest BCUT2D eigenvalue weighted by Crippen LogP contribution is -2.23. The molecule has 1 aromatic rings. The summed E-state index contributed by atoms with van der Waals surface area (Å²) in [5.41, 5.74) is 5.56. The van der Waals surface area contributed by atoms with E-state index in [0.717, 1.165) is 0 Å². The zero-order valence-electron chi connectivity index (χ0n) is 8.18. The van der Waals surface area contributed by atoms with Gasteiger partial charge < -0.3 is 16.2 Å². The van der Waals surface area contributed by atoms with Crippen molar-refractivity contribution in [2.24, 2.45) is 5.73 Å². The molecule has 1 rings (SSSR count). The Bertz CT molecular complexity index is 363. The Hall–Kier alpha value is -1.88. The fraction of sp³-hybridized carbons (Fsp3) is 0.200. The molecule has 0 saturated heterocycles. The third-order valence-electron chi connectivity index (χ3n) is 1.67. The van der Waals surface area contributed by atoms with Crippen molar-refractivity contribution in [2.75, 3.05) is 13.1 Å². The van der Waals surface area contributed by atoms with Gasteiger partial charge in [-0.1, -0.05) is 12.2 Å². The molecule has 0 aliphatic heterocycles. The molecule has 0 unspecified atom stereocenters. The summed E-state index contributed by atoms with van der Waals surface area (Å²) < 4.78 is 0. The Kier molecular flexibility index (Phi) is 4.30. The Morgan fingerprint density at radius 2 is 2.33 bits per heavy atom. The first-order valence-corrected chi connectivity index (χ1v) is 4.51. The monoisotopic (exact) mass is 207 g/mol. The van der Waals surface area contributed by atoms with Gasteiger partial charge in [-0.15, -0.1) is 0 Å². The number of nitrogens with one attached hydrogen (secondary N) is 1. The number of nitrogens with two attached hydrogens (primary N) is 1. The molecule has 0 atom stereocenters. The van der Waals surface area contributed by atoms with Crippen LogP contribution in [0.1, 0.15) is 10.4 Å². The predicted octanol–water partition coefficient (Wildman–Crippen LogP) is 0.0319. The number of hydrogen-bond acceptors (Lipinski definition) is 4. The first-order valence-electron chi connectivity index (χ1n) is 4.51. The molecule has 80 valence electrons. The molecule has 0 bridgehead atoms. The molecule has 0 spiro atoms. The molecule has 0 fully saturated rings. The van der Waals surface area contributed by atoms with Crippen molar-refractivity contribution < 1.29 is 9.90 Å². The maximum absolute atomic E-state index is 11.4. The van der Waals surface area contributed by atoms with Gasteiger partial charge >= 0.3 is 0 Å². The van der Waals surface area contributed by atoms with Crippen LogP contribution < -0.4 is 11.1 Å². The van der Waals surface area contributed by atoms with Gasteiger partial charge in [0.05, 0.1) is 11.8 Å². The summed E-state index contributed by atoms with van der Waals surface area (Å²) in [4.78, 5) is 15.1. The van der Waals surface area contributed by atoms with Crippen molar-refractivity contribution in [3.05, 3.63) is 36.2 Å². The van der Waals surface area contributed by atoms with E-state index in [1.54, 1.807) is 12.2 Å². The fourth-order valence-electron chi connectivity index (χ4n) is 0.985. The van der Waals surface area contributed by atoms with Crippen LogP contribution in [-0.2, 0) is 0 Å². The van der Waals surface area contributed by atoms with Gasteiger partial charge in [0.25, 0.3) is 5.91 Å². The first kappa shape index (κ1) is 11.2. The second-order valence-electron chi connectivity index (χ2n) is 2.85. The highest BCUT2D eigenvalue weighted by Gasteiger charge is 2.04. The second kappa shape index (κ2) is 5.77. The van der Waals surface area contributed by atoms with Crippen molar-refractivity contribution in [3.63, 3.8) is 0 Å². The normalized spacial score (nSPS) is 10.5. The number of nitrogens with zero attached hydrogens (tertiary/aromatic N) is 1. The van der Waals surface area contributed by atoms with Gasteiger partial charge in [0.15, 0.2) is 0 Å². The highest BCUT2D eigenvalue weighted by molar-refractivity contribution is 5.94. The van der Waals surface area contributed by atoms with E-state index in [4.69, 9.17) is 10.8 Å². The highest BCUT2D eigenvalue weighted by atomic mass is 16.3. The van der Waals surface area contributed by atoms with E-state index in [1.165, 1.54) is 18.5 Å². The summed E-state index contributed by atoms with van der Waals surface area (Å²) in [7, 11) is 0. The van der Waals surface area contributed by atoms with Crippen molar-refractivity contribution in [3.8, 4) is 5.75 Å². The Morgan fingerprint density at radius 3 is 3.00 bits per heavy atom. The van der Waals surface area contributed by atoms with E-state index in [2.05, 4.69) is 10.3 Å². The summed E-state index contributed by atoms with van der Waals surface area (Å²) in [6.45, 7) is 0.856. The number of carbonyl (C=O) groups excluding carboxylic acids is 1.